The van der Waals surface area contributed by atoms with E-state index in [4.69, 9.17) is 11.6 Å². The van der Waals surface area contributed by atoms with E-state index >= 15 is 0 Å². The lowest BCUT2D eigenvalue weighted by molar-refractivity contribution is 0.0956. The highest BCUT2D eigenvalue weighted by molar-refractivity contribution is 6.18. The predicted octanol–water partition coefficient (Wildman–Crippen LogP) is 1.72. The number of nitrogens with zero attached hydrogens (tertiary/aromatic N) is 1. The van der Waals surface area contributed by atoms with Gasteiger partial charge in [-0.1, -0.05) is 6.07 Å². The van der Waals surface area contributed by atoms with Gasteiger partial charge in [0.05, 0.1) is 0 Å². The van der Waals surface area contributed by atoms with Gasteiger partial charge in [0.15, 0.2) is 0 Å². The van der Waals surface area contributed by atoms with E-state index < -0.39 is 0 Å². The van der Waals surface area contributed by atoms with Gasteiger partial charge in [0.25, 0.3) is 5.91 Å². The fourth-order valence-corrected chi connectivity index (χ4v) is 1.28. The number of hydrogen-bond acceptors (Lipinski definition) is 2. The van der Waals surface area contributed by atoms with Crippen LogP contribution in [0.2, 0.25) is 0 Å². The summed E-state index contributed by atoms with van der Waals surface area (Å²) in [4.78, 5) is 13.5. The summed E-state index contributed by atoms with van der Waals surface area (Å²) in [5, 5.41) is 2.73. The summed E-state index contributed by atoms with van der Waals surface area (Å²) in [6, 6.07) is 7.46. The number of carbonyl (C=O) groups excluding carboxylic acids is 1. The van der Waals surface area contributed by atoms with Crippen LogP contribution in [0, 0.1) is 0 Å². The third-order valence-corrected chi connectivity index (χ3v) is 2.19. The van der Waals surface area contributed by atoms with E-state index in [9.17, 15) is 4.79 Å². The van der Waals surface area contributed by atoms with Crippen LogP contribution in [0.5, 0.6) is 0 Å². The Kier molecular flexibility index (Phi) is 4.43. The number of nitrogens with one attached hydrogen (secondary N) is 1. The molecule has 1 aromatic rings. The van der Waals surface area contributed by atoms with Crippen LogP contribution in [-0.4, -0.2) is 32.4 Å². The largest absolute Gasteiger partial charge is 0.378 e. The summed E-state index contributed by atoms with van der Waals surface area (Å²) in [5.41, 5.74) is 1.67. The van der Waals surface area contributed by atoms with E-state index in [1.807, 2.05) is 37.2 Å². The highest BCUT2D eigenvalue weighted by atomic mass is 35.5. The van der Waals surface area contributed by atoms with Crippen LogP contribution in [-0.2, 0) is 0 Å². The second-order valence-corrected chi connectivity index (χ2v) is 3.77. The lowest BCUT2D eigenvalue weighted by Gasteiger charge is -2.13. The molecule has 15 heavy (non-hydrogen) atoms. The first-order valence-corrected chi connectivity index (χ1v) is 5.30. The first-order valence-electron chi connectivity index (χ1n) is 4.76. The molecule has 0 aliphatic heterocycles. The van der Waals surface area contributed by atoms with Crippen molar-refractivity contribution in [2.45, 2.75) is 0 Å². The van der Waals surface area contributed by atoms with Crippen LogP contribution in [0.15, 0.2) is 24.3 Å². The molecule has 0 fully saturated rings. The Balaban J connectivity index is 2.76. The van der Waals surface area contributed by atoms with Crippen molar-refractivity contribution in [2.75, 3.05) is 31.4 Å². The molecule has 0 saturated heterocycles. The molecule has 1 aromatic carbocycles. The van der Waals surface area contributed by atoms with Gasteiger partial charge in [0.2, 0.25) is 0 Å². The van der Waals surface area contributed by atoms with Gasteiger partial charge in [-0.2, -0.15) is 0 Å². The zero-order valence-corrected chi connectivity index (χ0v) is 9.71. The fraction of sp³-hybridized carbons (Fsp3) is 0.364. The monoisotopic (exact) mass is 226 g/mol. The molecule has 0 radical (unpaired) electrons. The second-order valence-electron chi connectivity index (χ2n) is 3.39. The third kappa shape index (κ3) is 3.44. The van der Waals surface area contributed by atoms with Crippen molar-refractivity contribution in [1.29, 1.82) is 0 Å². The summed E-state index contributed by atoms with van der Waals surface area (Å²) in [6.45, 7) is 0.493. The summed E-state index contributed by atoms with van der Waals surface area (Å²) in [5.74, 6) is 0.346. The SMILES string of the molecule is CN(C)c1cccc(C(=O)NCCCl)c1. The van der Waals surface area contributed by atoms with Gasteiger partial charge < -0.3 is 10.2 Å². The van der Waals surface area contributed by atoms with E-state index in [1.165, 1.54) is 0 Å². The number of benzene rings is 1. The molecule has 0 unspecified atom stereocenters. The lowest BCUT2D eigenvalue weighted by Crippen LogP contribution is -2.25. The van der Waals surface area contributed by atoms with Crippen LogP contribution < -0.4 is 10.2 Å². The van der Waals surface area contributed by atoms with E-state index in [0.29, 0.717) is 18.0 Å². The lowest BCUT2D eigenvalue weighted by atomic mass is 10.2. The zero-order chi connectivity index (χ0) is 11.3. The van der Waals surface area contributed by atoms with E-state index in [1.54, 1.807) is 6.07 Å². The molecule has 82 valence electrons. The van der Waals surface area contributed by atoms with Crippen molar-refractivity contribution < 1.29 is 4.79 Å². The Labute approximate surface area is 95.0 Å². The summed E-state index contributed by atoms with van der Waals surface area (Å²) in [7, 11) is 3.88. The number of amides is 1. The van der Waals surface area contributed by atoms with Crippen molar-refractivity contribution in [2.24, 2.45) is 0 Å². The molecular formula is C11H15ClN2O. The maximum absolute atomic E-state index is 11.6. The summed E-state index contributed by atoms with van der Waals surface area (Å²) >= 11 is 5.49. The van der Waals surface area contributed by atoms with Crippen LogP contribution in [0.25, 0.3) is 0 Å². The van der Waals surface area contributed by atoms with Crippen LogP contribution >= 0.6 is 11.6 Å². The zero-order valence-electron chi connectivity index (χ0n) is 8.96. The van der Waals surface area contributed by atoms with Crippen molar-refractivity contribution in [3.05, 3.63) is 29.8 Å². The molecule has 4 heteroatoms. The molecule has 0 heterocycles. The summed E-state index contributed by atoms with van der Waals surface area (Å²) < 4.78 is 0. The molecule has 1 amide bonds. The Morgan fingerprint density at radius 2 is 2.20 bits per heavy atom. The Bertz CT molecular complexity index is 339. The van der Waals surface area contributed by atoms with Gasteiger partial charge in [-0.15, -0.1) is 11.6 Å². The van der Waals surface area contributed by atoms with Gasteiger partial charge in [0.1, 0.15) is 0 Å². The molecule has 0 atom stereocenters. The molecule has 1 N–H and O–H groups in total. The average Bonchev–Trinajstić information content (AvgIpc) is 2.26. The topological polar surface area (TPSA) is 32.3 Å². The van der Waals surface area contributed by atoms with Gasteiger partial charge in [-0.3, -0.25) is 4.79 Å². The number of alkyl halides is 1. The predicted molar refractivity (Wildman–Crippen MR) is 63.8 cm³/mol. The number of anilines is 1. The molecule has 0 aliphatic rings. The fourth-order valence-electron chi connectivity index (χ4n) is 1.19. The van der Waals surface area contributed by atoms with Gasteiger partial charge in [-0.25, -0.2) is 0 Å². The molecule has 0 spiro atoms. The molecule has 0 saturated carbocycles. The molecule has 0 aliphatic carbocycles. The quantitative estimate of drug-likeness (QED) is 0.793. The van der Waals surface area contributed by atoms with Gasteiger partial charge in [-0.05, 0) is 18.2 Å². The highest BCUT2D eigenvalue weighted by Gasteiger charge is 2.05. The van der Waals surface area contributed by atoms with Gasteiger partial charge in [0, 0.05) is 37.8 Å². The van der Waals surface area contributed by atoms with Crippen molar-refractivity contribution in [1.82, 2.24) is 5.32 Å². The van der Waals surface area contributed by atoms with E-state index in [-0.39, 0.29) is 5.91 Å². The molecule has 0 bridgehead atoms. The Morgan fingerprint density at radius 3 is 2.80 bits per heavy atom. The number of halogens is 1. The number of rotatable bonds is 4. The van der Waals surface area contributed by atoms with Crippen molar-refractivity contribution >= 4 is 23.2 Å². The van der Waals surface area contributed by atoms with Crippen LogP contribution in [0.4, 0.5) is 5.69 Å². The molecule has 3 nitrogen and oxygen atoms in total. The third-order valence-electron chi connectivity index (χ3n) is 2.00. The summed E-state index contributed by atoms with van der Waals surface area (Å²) in [6.07, 6.45) is 0. The molecule has 1 rings (SSSR count). The minimum absolute atomic E-state index is 0.0839. The number of carbonyl (C=O) groups is 1. The maximum Gasteiger partial charge on any atom is 0.251 e. The van der Waals surface area contributed by atoms with Crippen LogP contribution in [0.1, 0.15) is 10.4 Å². The average molecular weight is 227 g/mol. The first-order chi connectivity index (χ1) is 7.15. The standard InChI is InChI=1S/C11H15ClN2O/c1-14(2)10-5-3-4-9(8-10)11(15)13-7-6-12/h3-5,8H,6-7H2,1-2H3,(H,13,15). The minimum Gasteiger partial charge on any atom is -0.378 e. The highest BCUT2D eigenvalue weighted by Crippen LogP contribution is 2.12. The second kappa shape index (κ2) is 5.61. The minimum atomic E-state index is -0.0839. The Hall–Kier alpha value is -1.22. The Morgan fingerprint density at radius 1 is 1.47 bits per heavy atom. The maximum atomic E-state index is 11.6. The first kappa shape index (κ1) is 11.9. The molecule has 0 aromatic heterocycles. The van der Waals surface area contributed by atoms with E-state index in [0.717, 1.165) is 5.69 Å². The van der Waals surface area contributed by atoms with Gasteiger partial charge >= 0.3 is 0 Å². The van der Waals surface area contributed by atoms with E-state index in [2.05, 4.69) is 5.32 Å². The van der Waals surface area contributed by atoms with Crippen molar-refractivity contribution in [3.63, 3.8) is 0 Å². The molecular weight excluding hydrogens is 212 g/mol. The normalized spacial score (nSPS) is 9.80. The smallest absolute Gasteiger partial charge is 0.251 e. The van der Waals surface area contributed by atoms with Crippen molar-refractivity contribution in [3.8, 4) is 0 Å². The van der Waals surface area contributed by atoms with Crippen LogP contribution in [0.3, 0.4) is 0 Å². The number of hydrogen-bond donors (Lipinski definition) is 1.